The highest BCUT2D eigenvalue weighted by Crippen LogP contribution is 2.26. The molecule has 7 heteroatoms. The van der Waals surface area contributed by atoms with Crippen LogP contribution in [0.1, 0.15) is 5.56 Å². The molecular weight excluding hydrogens is 354 g/mol. The van der Waals surface area contributed by atoms with Crippen molar-refractivity contribution in [3.63, 3.8) is 0 Å². The van der Waals surface area contributed by atoms with Gasteiger partial charge >= 0.3 is 0 Å². The van der Waals surface area contributed by atoms with E-state index in [1.54, 1.807) is 12.3 Å². The summed E-state index contributed by atoms with van der Waals surface area (Å²) in [5.41, 5.74) is 0.256. The second-order valence-corrected chi connectivity index (χ2v) is 5.12. The Kier molecular flexibility index (Phi) is 3.30. The first-order valence-corrected chi connectivity index (χ1v) is 6.19. The van der Waals surface area contributed by atoms with Crippen LogP contribution in [0.2, 0.25) is 0 Å². The fourth-order valence-corrected chi connectivity index (χ4v) is 2.40. The number of hydrogen-bond acceptors (Lipinski definition) is 4. The van der Waals surface area contributed by atoms with E-state index in [4.69, 9.17) is 0 Å². The lowest BCUT2D eigenvalue weighted by Crippen LogP contribution is -2.12. The van der Waals surface area contributed by atoms with Crippen molar-refractivity contribution in [2.45, 2.75) is 6.92 Å². The molecule has 0 unspecified atom stereocenters. The van der Waals surface area contributed by atoms with Gasteiger partial charge in [-0.2, -0.15) is 4.98 Å². The van der Waals surface area contributed by atoms with Crippen LogP contribution in [0.4, 0.5) is 0 Å². The van der Waals surface area contributed by atoms with E-state index >= 15 is 0 Å². The van der Waals surface area contributed by atoms with Crippen molar-refractivity contribution in [2.75, 3.05) is 0 Å². The quantitative estimate of drug-likeness (QED) is 0.818. The van der Waals surface area contributed by atoms with Gasteiger partial charge in [0.15, 0.2) is 5.82 Å². The molecule has 0 bridgehead atoms. The van der Waals surface area contributed by atoms with Crippen LogP contribution in [0.5, 0.6) is 5.88 Å². The van der Waals surface area contributed by atoms with Gasteiger partial charge in [0, 0.05) is 15.1 Å². The molecule has 0 aliphatic rings. The maximum atomic E-state index is 11.5. The highest BCUT2D eigenvalue weighted by atomic mass is 79.9. The molecule has 88 valence electrons. The highest BCUT2D eigenvalue weighted by Gasteiger charge is 2.11. The molecule has 0 aliphatic carbocycles. The van der Waals surface area contributed by atoms with Gasteiger partial charge in [0.05, 0.1) is 5.56 Å². The molecular formula is C10H7Br2N3O2. The number of hydrogen-bond donors (Lipinski definition) is 2. The van der Waals surface area contributed by atoms with Gasteiger partial charge in [-0.3, -0.25) is 9.78 Å². The molecule has 5 nitrogen and oxygen atoms in total. The number of aromatic hydroxyl groups is 1. The van der Waals surface area contributed by atoms with Crippen molar-refractivity contribution in [1.29, 1.82) is 0 Å². The summed E-state index contributed by atoms with van der Waals surface area (Å²) in [4.78, 5) is 22.1. The number of nitrogens with one attached hydrogen (secondary N) is 1. The number of aromatic nitrogens is 3. The SMILES string of the molecule is Cc1c(O)nc(-c2ncc(Br)cc2Br)[nH]c1=O. The van der Waals surface area contributed by atoms with Crippen LogP contribution in [0.15, 0.2) is 26.0 Å². The first-order chi connectivity index (χ1) is 7.99. The maximum absolute atomic E-state index is 11.5. The van der Waals surface area contributed by atoms with E-state index in [-0.39, 0.29) is 22.8 Å². The summed E-state index contributed by atoms with van der Waals surface area (Å²) < 4.78 is 1.46. The standard InChI is InChI=1S/C10H7Br2N3O2/c1-4-9(16)14-8(15-10(4)17)7-6(12)2-5(11)3-13-7/h2-3H,1H3,(H2,14,15,16,17). The first-order valence-electron chi connectivity index (χ1n) is 4.60. The Morgan fingerprint density at radius 3 is 2.71 bits per heavy atom. The van der Waals surface area contributed by atoms with Crippen molar-refractivity contribution in [2.24, 2.45) is 0 Å². The Bertz CT molecular complexity index is 640. The molecule has 2 aromatic rings. The average Bonchev–Trinajstić information content (AvgIpc) is 2.25. The van der Waals surface area contributed by atoms with E-state index in [1.165, 1.54) is 6.92 Å². The summed E-state index contributed by atoms with van der Waals surface area (Å²) in [6, 6.07) is 1.78. The molecule has 0 spiro atoms. The highest BCUT2D eigenvalue weighted by molar-refractivity contribution is 9.11. The van der Waals surface area contributed by atoms with Crippen molar-refractivity contribution < 1.29 is 5.11 Å². The second-order valence-electron chi connectivity index (χ2n) is 3.35. The second kappa shape index (κ2) is 4.58. The molecule has 0 atom stereocenters. The molecule has 2 aromatic heterocycles. The lowest BCUT2D eigenvalue weighted by atomic mass is 10.3. The van der Waals surface area contributed by atoms with Crippen LogP contribution in [0.3, 0.4) is 0 Å². The minimum atomic E-state index is -0.385. The maximum Gasteiger partial charge on any atom is 0.257 e. The summed E-state index contributed by atoms with van der Waals surface area (Å²) in [5, 5.41) is 9.50. The van der Waals surface area contributed by atoms with Gasteiger partial charge in [0.25, 0.3) is 5.56 Å². The normalized spacial score (nSPS) is 10.5. The van der Waals surface area contributed by atoms with Crippen LogP contribution in [0.25, 0.3) is 11.5 Å². The molecule has 0 aliphatic heterocycles. The lowest BCUT2D eigenvalue weighted by molar-refractivity contribution is 0.447. The molecule has 2 rings (SSSR count). The predicted molar refractivity (Wildman–Crippen MR) is 69.9 cm³/mol. The van der Waals surface area contributed by atoms with Gasteiger partial charge in [0.2, 0.25) is 5.88 Å². The molecule has 0 amide bonds. The lowest BCUT2D eigenvalue weighted by Gasteiger charge is -2.04. The average molecular weight is 361 g/mol. The van der Waals surface area contributed by atoms with Crippen molar-refractivity contribution in [3.8, 4) is 17.4 Å². The molecule has 0 saturated heterocycles. The fraction of sp³-hybridized carbons (Fsp3) is 0.100. The van der Waals surface area contributed by atoms with Gasteiger partial charge in [-0.25, -0.2) is 0 Å². The van der Waals surface area contributed by atoms with E-state index in [0.29, 0.717) is 10.2 Å². The smallest absolute Gasteiger partial charge is 0.257 e. The minimum Gasteiger partial charge on any atom is -0.493 e. The van der Waals surface area contributed by atoms with Crippen molar-refractivity contribution in [1.82, 2.24) is 15.0 Å². The Morgan fingerprint density at radius 2 is 2.12 bits per heavy atom. The van der Waals surface area contributed by atoms with Crippen LogP contribution in [-0.4, -0.2) is 20.1 Å². The summed E-state index contributed by atoms with van der Waals surface area (Å²) >= 11 is 6.59. The van der Waals surface area contributed by atoms with Crippen molar-refractivity contribution >= 4 is 31.9 Å². The summed E-state index contributed by atoms with van der Waals surface area (Å²) in [6.45, 7) is 1.50. The topological polar surface area (TPSA) is 78.9 Å². The molecule has 2 N–H and O–H groups in total. The van der Waals surface area contributed by atoms with Gasteiger partial charge in [-0.15, -0.1) is 0 Å². The zero-order valence-corrected chi connectivity index (χ0v) is 11.8. The predicted octanol–water partition coefficient (Wildman–Crippen LogP) is 2.37. The first kappa shape index (κ1) is 12.3. The van der Waals surface area contributed by atoms with Gasteiger partial charge < -0.3 is 10.1 Å². The molecule has 2 heterocycles. The van der Waals surface area contributed by atoms with Gasteiger partial charge in [-0.1, -0.05) is 0 Å². The van der Waals surface area contributed by atoms with Gasteiger partial charge in [0.1, 0.15) is 5.69 Å². The van der Waals surface area contributed by atoms with Gasteiger partial charge in [-0.05, 0) is 44.8 Å². The summed E-state index contributed by atoms with van der Waals surface area (Å²) in [7, 11) is 0. The largest absolute Gasteiger partial charge is 0.493 e. The zero-order chi connectivity index (χ0) is 12.6. The van der Waals surface area contributed by atoms with E-state index in [2.05, 4.69) is 46.8 Å². The number of nitrogens with zero attached hydrogens (tertiary/aromatic N) is 2. The molecule has 0 saturated carbocycles. The number of halogens is 2. The third kappa shape index (κ3) is 2.39. The van der Waals surface area contributed by atoms with Crippen LogP contribution in [0, 0.1) is 6.92 Å². The summed E-state index contributed by atoms with van der Waals surface area (Å²) in [6.07, 6.45) is 1.58. The van der Waals surface area contributed by atoms with Crippen LogP contribution < -0.4 is 5.56 Å². The van der Waals surface area contributed by atoms with E-state index in [9.17, 15) is 9.90 Å². The molecule has 0 fully saturated rings. The third-order valence-electron chi connectivity index (χ3n) is 2.16. The number of pyridine rings is 1. The van der Waals surface area contributed by atoms with E-state index in [0.717, 1.165) is 4.47 Å². The Labute approximate surface area is 113 Å². The third-order valence-corrected chi connectivity index (χ3v) is 3.20. The molecule has 0 radical (unpaired) electrons. The van der Waals surface area contributed by atoms with Crippen LogP contribution in [-0.2, 0) is 0 Å². The Hall–Kier alpha value is -1.21. The monoisotopic (exact) mass is 359 g/mol. The number of rotatable bonds is 1. The minimum absolute atomic E-state index is 0.182. The van der Waals surface area contributed by atoms with Crippen molar-refractivity contribution in [3.05, 3.63) is 37.1 Å². The van der Waals surface area contributed by atoms with E-state index < -0.39 is 0 Å². The number of aromatic amines is 1. The fourth-order valence-electron chi connectivity index (χ4n) is 1.22. The van der Waals surface area contributed by atoms with E-state index in [1.807, 2.05) is 0 Å². The Morgan fingerprint density at radius 1 is 1.41 bits per heavy atom. The zero-order valence-electron chi connectivity index (χ0n) is 8.66. The number of H-pyrrole nitrogens is 1. The summed E-state index contributed by atoms with van der Waals surface area (Å²) in [5.74, 6) is -0.0714. The Balaban J connectivity index is 2.65. The molecule has 17 heavy (non-hydrogen) atoms. The molecule has 0 aromatic carbocycles. The van der Waals surface area contributed by atoms with Crippen LogP contribution >= 0.6 is 31.9 Å².